The second-order valence-electron chi connectivity index (χ2n) is 4.91. The number of hydrogen-bond acceptors (Lipinski definition) is 2. The van der Waals surface area contributed by atoms with Crippen LogP contribution in [0.1, 0.15) is 28.5 Å². The number of hydrogen-bond donors (Lipinski definition) is 1. The number of nitrogens with one attached hydrogen (secondary N) is 1. The molecular formula is C15H14Cl2N2O2. The predicted octanol–water partition coefficient (Wildman–Crippen LogP) is 3.60. The fourth-order valence-electron chi connectivity index (χ4n) is 2.06. The Morgan fingerprint density at radius 1 is 1.38 bits per heavy atom. The van der Waals surface area contributed by atoms with E-state index in [1.54, 1.807) is 19.9 Å². The van der Waals surface area contributed by atoms with E-state index in [-0.39, 0.29) is 21.7 Å². The molecule has 0 saturated carbocycles. The maximum absolute atomic E-state index is 12.5. The topological polar surface area (TPSA) is 54.9 Å². The molecule has 1 aromatic heterocycles. The summed E-state index contributed by atoms with van der Waals surface area (Å²) in [5, 5.41) is 3.53. The van der Waals surface area contributed by atoms with E-state index in [1.807, 2.05) is 0 Å². The van der Waals surface area contributed by atoms with E-state index >= 15 is 0 Å². The summed E-state index contributed by atoms with van der Waals surface area (Å²) in [6.07, 6.45) is 0. The highest BCUT2D eigenvalue weighted by atomic mass is 35.5. The van der Waals surface area contributed by atoms with Crippen molar-refractivity contribution >= 4 is 29.0 Å². The second-order valence-corrected chi connectivity index (χ2v) is 5.76. The highest BCUT2D eigenvalue weighted by Crippen LogP contribution is 2.23. The van der Waals surface area contributed by atoms with Crippen molar-refractivity contribution in [3.63, 3.8) is 0 Å². The van der Waals surface area contributed by atoms with Gasteiger partial charge in [-0.05, 0) is 32.0 Å². The minimum atomic E-state index is -0.420. The van der Waals surface area contributed by atoms with Gasteiger partial charge in [-0.1, -0.05) is 35.4 Å². The third-order valence-corrected chi connectivity index (χ3v) is 3.52. The SMILES string of the molecule is C=C(C)Cn1[nH]c(C)c(C(=O)c2ccc(Cl)cc2Cl)c1=O. The van der Waals surface area contributed by atoms with Crippen LogP contribution in [-0.2, 0) is 6.54 Å². The van der Waals surface area contributed by atoms with Crippen molar-refractivity contribution in [3.05, 3.63) is 67.6 Å². The van der Waals surface area contributed by atoms with E-state index in [4.69, 9.17) is 23.2 Å². The first kappa shape index (κ1) is 15.6. The van der Waals surface area contributed by atoms with Gasteiger partial charge in [-0.15, -0.1) is 0 Å². The summed E-state index contributed by atoms with van der Waals surface area (Å²) in [6.45, 7) is 7.57. The molecule has 1 heterocycles. The van der Waals surface area contributed by atoms with Crippen LogP contribution in [-0.4, -0.2) is 15.6 Å². The number of halogens is 2. The van der Waals surface area contributed by atoms with Gasteiger partial charge in [0.05, 0.1) is 11.6 Å². The average Bonchev–Trinajstić information content (AvgIpc) is 2.63. The molecule has 0 saturated heterocycles. The number of benzene rings is 1. The summed E-state index contributed by atoms with van der Waals surface area (Å²) in [5.41, 5.74) is 1.26. The molecule has 0 bridgehead atoms. The van der Waals surface area contributed by atoms with Crippen molar-refractivity contribution < 1.29 is 4.79 Å². The van der Waals surface area contributed by atoms with E-state index in [2.05, 4.69) is 11.7 Å². The van der Waals surface area contributed by atoms with Gasteiger partial charge in [0, 0.05) is 16.3 Å². The molecule has 1 aromatic carbocycles. The summed E-state index contributed by atoms with van der Waals surface area (Å²) in [7, 11) is 0. The standard InChI is InChI=1S/C15H14Cl2N2O2/c1-8(2)7-19-15(21)13(9(3)18-19)14(20)11-5-4-10(16)6-12(11)17/h4-6,18H,1,7H2,2-3H3. The molecule has 2 aromatic rings. The molecule has 4 nitrogen and oxygen atoms in total. The third-order valence-electron chi connectivity index (χ3n) is 2.97. The largest absolute Gasteiger partial charge is 0.299 e. The number of carbonyl (C=O) groups excluding carboxylic acids is 1. The van der Waals surface area contributed by atoms with Crippen molar-refractivity contribution in [2.75, 3.05) is 0 Å². The van der Waals surface area contributed by atoms with Crippen molar-refractivity contribution in [1.82, 2.24) is 9.78 Å². The van der Waals surface area contributed by atoms with Gasteiger partial charge in [-0.3, -0.25) is 14.7 Å². The molecule has 0 unspecified atom stereocenters. The van der Waals surface area contributed by atoms with Crippen LogP contribution in [0.4, 0.5) is 0 Å². The van der Waals surface area contributed by atoms with Crippen LogP contribution < -0.4 is 5.56 Å². The summed E-state index contributed by atoms with van der Waals surface area (Å²) in [6, 6.07) is 4.56. The number of allylic oxidation sites excluding steroid dienone is 1. The van der Waals surface area contributed by atoms with Crippen molar-refractivity contribution in [3.8, 4) is 0 Å². The molecule has 0 aliphatic carbocycles. The van der Waals surface area contributed by atoms with Crippen molar-refractivity contribution in [1.29, 1.82) is 0 Å². The summed E-state index contributed by atoms with van der Waals surface area (Å²) in [4.78, 5) is 24.9. The Labute approximate surface area is 132 Å². The molecule has 1 N–H and O–H groups in total. The zero-order chi connectivity index (χ0) is 15.7. The molecule has 21 heavy (non-hydrogen) atoms. The fraction of sp³-hybridized carbons (Fsp3) is 0.200. The third kappa shape index (κ3) is 3.12. The van der Waals surface area contributed by atoms with Crippen LogP contribution in [0.15, 0.2) is 35.1 Å². The van der Waals surface area contributed by atoms with Gasteiger partial charge >= 0.3 is 0 Å². The van der Waals surface area contributed by atoms with E-state index in [9.17, 15) is 9.59 Å². The minimum Gasteiger partial charge on any atom is -0.299 e. The second kappa shape index (κ2) is 5.92. The zero-order valence-electron chi connectivity index (χ0n) is 11.7. The number of H-pyrrole nitrogens is 1. The molecule has 0 radical (unpaired) electrons. The lowest BCUT2D eigenvalue weighted by atomic mass is 10.0. The highest BCUT2D eigenvalue weighted by Gasteiger charge is 2.22. The number of aromatic amines is 1. The molecule has 6 heteroatoms. The lowest BCUT2D eigenvalue weighted by Gasteiger charge is -2.02. The maximum Gasteiger partial charge on any atom is 0.278 e. The Bertz CT molecular complexity index is 787. The quantitative estimate of drug-likeness (QED) is 0.690. The average molecular weight is 325 g/mol. The van der Waals surface area contributed by atoms with Gasteiger partial charge in [0.25, 0.3) is 5.56 Å². The molecule has 0 aliphatic rings. The molecule has 2 rings (SSSR count). The zero-order valence-corrected chi connectivity index (χ0v) is 13.2. The normalized spacial score (nSPS) is 10.7. The molecule has 0 atom stereocenters. The number of rotatable bonds is 4. The van der Waals surface area contributed by atoms with Crippen LogP contribution in [0.5, 0.6) is 0 Å². The van der Waals surface area contributed by atoms with Gasteiger partial charge in [0.1, 0.15) is 5.56 Å². The maximum atomic E-state index is 12.5. The van der Waals surface area contributed by atoms with E-state index in [1.165, 1.54) is 16.8 Å². The lowest BCUT2D eigenvalue weighted by Crippen LogP contribution is -2.22. The Hall–Kier alpha value is -1.78. The molecular weight excluding hydrogens is 311 g/mol. The molecule has 110 valence electrons. The first-order valence-corrected chi connectivity index (χ1v) is 7.00. The van der Waals surface area contributed by atoms with Crippen LogP contribution in [0, 0.1) is 6.92 Å². The van der Waals surface area contributed by atoms with E-state index in [0.29, 0.717) is 17.3 Å². The van der Waals surface area contributed by atoms with Gasteiger partial charge in [0.15, 0.2) is 0 Å². The minimum absolute atomic E-state index is 0.0838. The monoisotopic (exact) mass is 324 g/mol. The summed E-state index contributed by atoms with van der Waals surface area (Å²) >= 11 is 11.8. The Balaban J connectivity index is 2.51. The van der Waals surface area contributed by atoms with Crippen LogP contribution in [0.3, 0.4) is 0 Å². The van der Waals surface area contributed by atoms with Crippen LogP contribution in [0.2, 0.25) is 10.0 Å². The predicted molar refractivity (Wildman–Crippen MR) is 84.5 cm³/mol. The Kier molecular flexibility index (Phi) is 4.40. The first-order chi connectivity index (χ1) is 9.81. The van der Waals surface area contributed by atoms with Crippen molar-refractivity contribution in [2.24, 2.45) is 0 Å². The molecule has 0 aliphatic heterocycles. The van der Waals surface area contributed by atoms with Crippen LogP contribution in [0.25, 0.3) is 0 Å². The Morgan fingerprint density at radius 3 is 2.62 bits per heavy atom. The van der Waals surface area contributed by atoms with Crippen LogP contribution >= 0.6 is 23.2 Å². The fourth-order valence-corrected chi connectivity index (χ4v) is 2.56. The Morgan fingerprint density at radius 2 is 2.05 bits per heavy atom. The summed E-state index contributed by atoms with van der Waals surface area (Å²) in [5.74, 6) is -0.420. The number of nitrogens with zero attached hydrogens (tertiary/aromatic N) is 1. The number of aromatic nitrogens is 2. The molecule has 0 spiro atoms. The van der Waals surface area contributed by atoms with E-state index in [0.717, 1.165) is 5.57 Å². The number of aryl methyl sites for hydroxylation is 1. The number of carbonyl (C=O) groups is 1. The summed E-state index contributed by atoms with van der Waals surface area (Å²) < 4.78 is 1.36. The first-order valence-electron chi connectivity index (χ1n) is 6.24. The molecule has 0 amide bonds. The van der Waals surface area contributed by atoms with E-state index < -0.39 is 5.78 Å². The van der Waals surface area contributed by atoms with Gasteiger partial charge in [0.2, 0.25) is 5.78 Å². The highest BCUT2D eigenvalue weighted by molar-refractivity contribution is 6.37. The van der Waals surface area contributed by atoms with Gasteiger partial charge < -0.3 is 0 Å². The lowest BCUT2D eigenvalue weighted by molar-refractivity contribution is 0.103. The molecule has 0 fully saturated rings. The van der Waals surface area contributed by atoms with Gasteiger partial charge in [-0.2, -0.15) is 0 Å². The number of ketones is 1. The van der Waals surface area contributed by atoms with Crippen molar-refractivity contribution in [2.45, 2.75) is 20.4 Å². The van der Waals surface area contributed by atoms with Gasteiger partial charge in [-0.25, -0.2) is 4.68 Å². The smallest absolute Gasteiger partial charge is 0.278 e.